The average molecular weight is 580 g/mol. The maximum absolute atomic E-state index is 13.8. The number of aromatic nitrogens is 2. The first-order valence-corrected chi connectivity index (χ1v) is 13.7. The van der Waals surface area contributed by atoms with Crippen molar-refractivity contribution in [3.8, 4) is 0 Å². The maximum atomic E-state index is 13.8. The number of hydrogen-bond donors (Lipinski definition) is 3. The lowest BCUT2D eigenvalue weighted by Gasteiger charge is -2.32. The number of hydrogen-bond acceptors (Lipinski definition) is 5. The largest absolute Gasteiger partial charge is 0.369 e. The number of likely N-dealkylation sites (tertiary alicyclic amines) is 1. The van der Waals surface area contributed by atoms with Crippen molar-refractivity contribution in [1.29, 1.82) is 0 Å². The Labute approximate surface area is 236 Å². The molecule has 0 unspecified atom stereocenters. The van der Waals surface area contributed by atoms with E-state index in [2.05, 4.69) is 22.3 Å². The van der Waals surface area contributed by atoms with Crippen molar-refractivity contribution < 1.29 is 14.0 Å². The van der Waals surface area contributed by atoms with E-state index in [1.807, 2.05) is 11.5 Å². The van der Waals surface area contributed by atoms with Crippen molar-refractivity contribution in [2.75, 3.05) is 18.4 Å². The minimum absolute atomic E-state index is 0.0241. The number of carbonyl (C=O) groups excluding carboxylic acids is 2. The molecule has 2 amide bonds. The second-order valence-electron chi connectivity index (χ2n) is 10.0. The molecule has 2 heterocycles. The zero-order valence-electron chi connectivity index (χ0n) is 22.0. The van der Waals surface area contributed by atoms with Crippen molar-refractivity contribution in [1.82, 2.24) is 19.8 Å². The Morgan fingerprint density at radius 1 is 1.18 bits per heavy atom. The normalized spacial score (nSPS) is 21.9. The number of imidazole rings is 1. The first-order valence-electron chi connectivity index (χ1n) is 12.9. The molecule has 0 spiro atoms. The van der Waals surface area contributed by atoms with Gasteiger partial charge in [-0.1, -0.05) is 23.2 Å². The lowest BCUT2D eigenvalue weighted by Crippen LogP contribution is -2.48. The predicted molar refractivity (Wildman–Crippen MR) is 152 cm³/mol. The van der Waals surface area contributed by atoms with Gasteiger partial charge in [0.15, 0.2) is 5.82 Å². The number of anilines is 2. The molecule has 0 radical (unpaired) electrons. The van der Waals surface area contributed by atoms with Crippen LogP contribution in [0.25, 0.3) is 0 Å². The number of primary amides is 1. The molecule has 1 aromatic carbocycles. The summed E-state index contributed by atoms with van der Waals surface area (Å²) in [4.78, 5) is 39.1. The number of benzene rings is 1. The van der Waals surface area contributed by atoms with Crippen molar-refractivity contribution in [2.45, 2.75) is 64.5 Å². The zero-order valence-corrected chi connectivity index (χ0v) is 23.5. The van der Waals surface area contributed by atoms with Crippen LogP contribution in [0.15, 0.2) is 22.1 Å². The van der Waals surface area contributed by atoms with E-state index < -0.39 is 5.82 Å². The number of rotatable bonds is 6. The molecule has 1 atom stereocenters. The maximum Gasteiger partial charge on any atom is 0.224 e. The molecule has 0 bridgehead atoms. The molecule has 2 fully saturated rings. The molecular weight excluding hydrogens is 546 g/mol. The highest BCUT2D eigenvalue weighted by Gasteiger charge is 2.30. The highest BCUT2D eigenvalue weighted by molar-refractivity contribution is 6.39. The third-order valence-electron chi connectivity index (χ3n) is 7.32. The quantitative estimate of drug-likeness (QED) is 0.332. The summed E-state index contributed by atoms with van der Waals surface area (Å²) >= 11 is 12.6. The molecular formula is C26H33Cl2FN8O2. The van der Waals surface area contributed by atoms with Crippen LogP contribution in [0.1, 0.15) is 57.2 Å². The van der Waals surface area contributed by atoms with Gasteiger partial charge in [0.2, 0.25) is 23.7 Å². The number of nitrogens with one attached hydrogen (secondary N) is 2. The van der Waals surface area contributed by atoms with Gasteiger partial charge in [0.25, 0.3) is 0 Å². The number of guanidine groups is 1. The van der Waals surface area contributed by atoms with Crippen molar-refractivity contribution in [3.05, 3.63) is 33.7 Å². The highest BCUT2D eigenvalue weighted by atomic mass is 35.5. The van der Waals surface area contributed by atoms with Crippen LogP contribution in [0.4, 0.5) is 21.8 Å². The summed E-state index contributed by atoms with van der Waals surface area (Å²) in [6.45, 7) is 8.35. The number of piperidine rings is 1. The summed E-state index contributed by atoms with van der Waals surface area (Å²) < 4.78 is 15.8. The third kappa shape index (κ3) is 6.70. The number of nitrogens with zero attached hydrogens (tertiary/aromatic N) is 5. The molecule has 39 heavy (non-hydrogen) atoms. The second kappa shape index (κ2) is 12.3. The van der Waals surface area contributed by atoms with Crippen molar-refractivity contribution in [2.24, 2.45) is 21.6 Å². The van der Waals surface area contributed by atoms with Crippen LogP contribution in [0.2, 0.25) is 10.0 Å². The fraction of sp³-hybridized carbons (Fsp3) is 0.500. The SMILES string of the molecule is C=N/C(=N\c1c(C)nc(Nc2c(Cl)cc(F)cc2Cl)n1[C@H]1CC[C@@H](C(N)=O)CC1)N[C@@H]1CCCN(C(C)=O)C1. The van der Waals surface area contributed by atoms with Gasteiger partial charge >= 0.3 is 0 Å². The number of carbonyl (C=O) groups is 2. The Morgan fingerprint density at radius 2 is 1.85 bits per heavy atom. The molecule has 13 heteroatoms. The molecule has 1 aliphatic heterocycles. The van der Waals surface area contributed by atoms with E-state index in [0.717, 1.165) is 19.4 Å². The first-order chi connectivity index (χ1) is 18.6. The third-order valence-corrected chi connectivity index (χ3v) is 7.92. The van der Waals surface area contributed by atoms with Gasteiger partial charge in [-0.15, -0.1) is 0 Å². The Kier molecular flexibility index (Phi) is 9.12. The fourth-order valence-electron chi connectivity index (χ4n) is 5.28. The molecule has 10 nitrogen and oxygen atoms in total. The van der Waals surface area contributed by atoms with Gasteiger partial charge in [-0.2, -0.15) is 4.99 Å². The Hall–Kier alpha value is -3.18. The molecule has 2 aromatic rings. The fourth-order valence-corrected chi connectivity index (χ4v) is 5.83. The minimum Gasteiger partial charge on any atom is -0.369 e. The molecule has 4 rings (SSSR count). The van der Waals surface area contributed by atoms with Gasteiger partial charge in [-0.05, 0) is 64.3 Å². The van der Waals surface area contributed by atoms with E-state index in [9.17, 15) is 14.0 Å². The van der Waals surface area contributed by atoms with Crippen LogP contribution in [-0.4, -0.2) is 58.1 Å². The summed E-state index contributed by atoms with van der Waals surface area (Å²) in [6.07, 6.45) is 4.34. The molecule has 1 saturated heterocycles. The topological polar surface area (TPSA) is 130 Å². The molecule has 1 aliphatic carbocycles. The van der Waals surface area contributed by atoms with Gasteiger partial charge in [-0.3, -0.25) is 14.2 Å². The van der Waals surface area contributed by atoms with Crippen LogP contribution in [0.5, 0.6) is 0 Å². The molecule has 1 saturated carbocycles. The van der Waals surface area contributed by atoms with E-state index >= 15 is 0 Å². The lowest BCUT2D eigenvalue weighted by molar-refractivity contribution is -0.130. The highest BCUT2D eigenvalue weighted by Crippen LogP contribution is 2.41. The standard InChI is InChI=1S/C26H33Cl2FN8O2/c1-14-24(35-25(31-3)33-18-5-4-10-36(13-18)15(2)38)37(19-8-6-16(7-9-19)23(30)39)26(32-14)34-22-20(27)11-17(29)12-21(22)28/h11-12,16,18-19H,3-10,13H2,1-2H3,(H2,30,39)(H,32,34)(H,33,35)/t16-,18-,19+/m1/s1. The lowest BCUT2D eigenvalue weighted by atomic mass is 9.85. The smallest absolute Gasteiger partial charge is 0.224 e. The van der Waals surface area contributed by atoms with Crippen LogP contribution in [0, 0.1) is 18.7 Å². The molecule has 210 valence electrons. The van der Waals surface area contributed by atoms with E-state index in [1.54, 1.807) is 11.8 Å². The Bertz CT molecular complexity index is 1270. The summed E-state index contributed by atoms with van der Waals surface area (Å²) in [5.41, 5.74) is 6.49. The van der Waals surface area contributed by atoms with Crippen LogP contribution in [-0.2, 0) is 9.59 Å². The molecule has 1 aromatic heterocycles. The van der Waals surface area contributed by atoms with Crippen LogP contribution in [0.3, 0.4) is 0 Å². The van der Waals surface area contributed by atoms with Crippen molar-refractivity contribution in [3.63, 3.8) is 0 Å². The minimum atomic E-state index is -0.552. The van der Waals surface area contributed by atoms with Gasteiger partial charge in [-0.25, -0.2) is 14.4 Å². The number of aliphatic imine (C=N–C) groups is 2. The molecule has 2 aliphatic rings. The second-order valence-corrected chi connectivity index (χ2v) is 10.8. The first kappa shape index (κ1) is 28.8. The number of aryl methyl sites for hydroxylation is 1. The Morgan fingerprint density at radius 3 is 2.44 bits per heavy atom. The zero-order chi connectivity index (χ0) is 28.3. The average Bonchev–Trinajstić information content (AvgIpc) is 3.20. The van der Waals surface area contributed by atoms with E-state index in [0.29, 0.717) is 61.3 Å². The monoisotopic (exact) mass is 578 g/mol. The number of nitrogens with two attached hydrogens (primary N) is 1. The van der Waals surface area contributed by atoms with Crippen LogP contribution < -0.4 is 16.4 Å². The van der Waals surface area contributed by atoms with Gasteiger partial charge in [0, 0.05) is 38.0 Å². The summed E-state index contributed by atoms with van der Waals surface area (Å²) in [5.74, 6) is 0.273. The summed E-state index contributed by atoms with van der Waals surface area (Å²) in [7, 11) is 0. The summed E-state index contributed by atoms with van der Waals surface area (Å²) in [5, 5.41) is 6.71. The van der Waals surface area contributed by atoms with Gasteiger partial charge in [0.1, 0.15) is 5.82 Å². The summed E-state index contributed by atoms with van der Waals surface area (Å²) in [6, 6.07) is 2.26. The van der Waals surface area contributed by atoms with E-state index in [4.69, 9.17) is 38.9 Å². The predicted octanol–water partition coefficient (Wildman–Crippen LogP) is 4.89. The van der Waals surface area contributed by atoms with E-state index in [-0.39, 0.29) is 39.9 Å². The number of halogens is 3. The number of amides is 2. The van der Waals surface area contributed by atoms with E-state index in [1.165, 1.54) is 12.1 Å². The van der Waals surface area contributed by atoms with Gasteiger partial charge < -0.3 is 21.3 Å². The molecule has 4 N–H and O–H groups in total. The van der Waals surface area contributed by atoms with Crippen molar-refractivity contribution >= 4 is 65.1 Å². The van der Waals surface area contributed by atoms with Gasteiger partial charge in [0.05, 0.1) is 21.4 Å². The Balaban J connectivity index is 1.70. The van der Waals surface area contributed by atoms with Crippen LogP contribution >= 0.6 is 23.2 Å².